The van der Waals surface area contributed by atoms with Gasteiger partial charge < -0.3 is 30.3 Å². The van der Waals surface area contributed by atoms with Crippen LogP contribution in [0, 0.1) is 5.92 Å². The van der Waals surface area contributed by atoms with Crippen molar-refractivity contribution in [3.05, 3.63) is 59.4 Å². The molecule has 222 valence electrons. The van der Waals surface area contributed by atoms with Gasteiger partial charge in [0.05, 0.1) is 30.8 Å². The molecule has 1 aliphatic rings. The monoisotopic (exact) mass is 638 g/mol. The molecule has 1 aromatic heterocycles. The molecule has 2 amide bonds. The highest BCUT2D eigenvalue weighted by molar-refractivity contribution is 9.10. The number of hydrogen-bond donors (Lipinski definition) is 3. The molecule has 0 aliphatic carbocycles. The number of halogens is 1. The Morgan fingerprint density at radius 2 is 1.88 bits per heavy atom. The van der Waals surface area contributed by atoms with Crippen LogP contribution in [0.1, 0.15) is 26.2 Å². The smallest absolute Gasteiger partial charge is 0.309 e. The van der Waals surface area contributed by atoms with Crippen LogP contribution in [-0.2, 0) is 19.1 Å². The Hall–Kier alpha value is -4.03. The summed E-state index contributed by atoms with van der Waals surface area (Å²) in [5.74, 6) is 0.0280. The number of anilines is 3. The van der Waals surface area contributed by atoms with Crippen molar-refractivity contribution < 1.29 is 23.9 Å². The Morgan fingerprint density at radius 3 is 2.62 bits per heavy atom. The second-order valence-electron chi connectivity index (χ2n) is 9.76. The second kappa shape index (κ2) is 15.3. The number of rotatable bonds is 12. The highest BCUT2D eigenvalue weighted by atomic mass is 79.9. The molecule has 0 spiro atoms. The number of piperidine rings is 1. The quantitative estimate of drug-likeness (QED) is 0.150. The van der Waals surface area contributed by atoms with Gasteiger partial charge in [0.2, 0.25) is 11.8 Å². The van der Waals surface area contributed by atoms with Crippen LogP contribution < -0.4 is 20.7 Å². The summed E-state index contributed by atoms with van der Waals surface area (Å²) < 4.78 is 11.5. The topological polar surface area (TPSA) is 135 Å². The van der Waals surface area contributed by atoms with Crippen molar-refractivity contribution in [3.63, 3.8) is 0 Å². The van der Waals surface area contributed by atoms with Crippen LogP contribution in [0.15, 0.2) is 59.4 Å². The van der Waals surface area contributed by atoms with Gasteiger partial charge in [-0.15, -0.1) is 0 Å². The first-order chi connectivity index (χ1) is 20.4. The summed E-state index contributed by atoms with van der Waals surface area (Å²) in [6, 6.07) is 11.1. The standard InChI is InChI=1S/C30H35BrN6O5/c1-3-42-30(40)20-10-14-37(15-11-20)13-5-12-32-27(38)8-9-28(39)36-25-17-23-24(18-26(25)41-2)33-19-34-29(23)35-22-7-4-6-21(31)16-22/h4,6-9,16-20H,3,5,10-15H2,1-2H3,(H,32,38)(H,36,39)(H,33,34,35)/b9-8+. The van der Waals surface area contributed by atoms with Crippen molar-refractivity contribution in [1.29, 1.82) is 0 Å². The third-order valence-electron chi connectivity index (χ3n) is 6.85. The number of ether oxygens (including phenoxy) is 2. The van der Waals surface area contributed by atoms with Gasteiger partial charge in [-0.25, -0.2) is 9.97 Å². The number of aromatic nitrogens is 2. The molecule has 3 aromatic rings. The van der Waals surface area contributed by atoms with Crippen LogP contribution in [0.25, 0.3) is 10.9 Å². The molecule has 1 saturated heterocycles. The maximum Gasteiger partial charge on any atom is 0.309 e. The van der Waals surface area contributed by atoms with E-state index in [0.717, 1.165) is 49.1 Å². The number of nitrogens with zero attached hydrogens (tertiary/aromatic N) is 3. The lowest BCUT2D eigenvalue weighted by Gasteiger charge is -2.30. The first-order valence-electron chi connectivity index (χ1n) is 13.9. The van der Waals surface area contributed by atoms with Crippen molar-refractivity contribution in [3.8, 4) is 5.75 Å². The molecule has 4 rings (SSSR count). The van der Waals surface area contributed by atoms with Crippen LogP contribution in [-0.4, -0.2) is 72.5 Å². The molecule has 2 heterocycles. The summed E-state index contributed by atoms with van der Waals surface area (Å²) in [5.41, 5.74) is 1.88. The first-order valence-corrected chi connectivity index (χ1v) is 14.7. The minimum atomic E-state index is -0.481. The van der Waals surface area contributed by atoms with Crippen molar-refractivity contribution in [1.82, 2.24) is 20.2 Å². The zero-order chi connectivity index (χ0) is 29.9. The largest absolute Gasteiger partial charge is 0.494 e. The minimum absolute atomic E-state index is 0.0178. The number of esters is 1. The Labute approximate surface area is 253 Å². The van der Waals surface area contributed by atoms with Gasteiger partial charge in [-0.05, 0) is 70.1 Å². The fraction of sp³-hybridized carbons (Fsp3) is 0.367. The van der Waals surface area contributed by atoms with E-state index in [1.54, 1.807) is 12.1 Å². The summed E-state index contributed by atoms with van der Waals surface area (Å²) in [6.07, 6.45) is 6.19. The number of hydrogen-bond acceptors (Lipinski definition) is 9. The molecule has 42 heavy (non-hydrogen) atoms. The molecule has 1 aliphatic heterocycles. The Bertz CT molecular complexity index is 1440. The zero-order valence-corrected chi connectivity index (χ0v) is 25.3. The summed E-state index contributed by atoms with van der Waals surface area (Å²) in [4.78, 5) is 47.8. The molecule has 12 heteroatoms. The molecule has 0 radical (unpaired) electrons. The van der Waals surface area contributed by atoms with Gasteiger partial charge in [0.25, 0.3) is 0 Å². The third-order valence-corrected chi connectivity index (χ3v) is 7.34. The van der Waals surface area contributed by atoms with Crippen molar-refractivity contribution >= 4 is 61.8 Å². The number of nitrogens with one attached hydrogen (secondary N) is 3. The normalized spacial score (nSPS) is 14.1. The lowest BCUT2D eigenvalue weighted by molar-refractivity contribution is -0.149. The van der Waals surface area contributed by atoms with Crippen LogP contribution in [0.3, 0.4) is 0 Å². The number of benzene rings is 2. The van der Waals surface area contributed by atoms with Gasteiger partial charge in [0.15, 0.2) is 0 Å². The SMILES string of the molecule is CCOC(=O)C1CCN(CCCNC(=O)/C=C/C(=O)Nc2cc3c(Nc4cccc(Br)c4)ncnc3cc2OC)CC1. The molecular formula is C30H35BrN6O5. The highest BCUT2D eigenvalue weighted by Crippen LogP contribution is 2.33. The van der Waals surface area contributed by atoms with Gasteiger partial charge in [0, 0.05) is 40.3 Å². The van der Waals surface area contributed by atoms with Gasteiger partial charge in [-0.2, -0.15) is 0 Å². The van der Waals surface area contributed by atoms with Gasteiger partial charge in [0.1, 0.15) is 17.9 Å². The van der Waals surface area contributed by atoms with E-state index in [2.05, 4.69) is 46.7 Å². The fourth-order valence-corrected chi connectivity index (χ4v) is 5.10. The van der Waals surface area contributed by atoms with Crippen molar-refractivity contribution in [2.45, 2.75) is 26.2 Å². The highest BCUT2D eigenvalue weighted by Gasteiger charge is 2.25. The third kappa shape index (κ3) is 8.73. The number of methoxy groups -OCH3 is 1. The van der Waals surface area contributed by atoms with E-state index >= 15 is 0 Å². The Kier molecular flexibility index (Phi) is 11.2. The summed E-state index contributed by atoms with van der Waals surface area (Å²) in [6.45, 7) is 5.21. The van der Waals surface area contributed by atoms with E-state index in [0.29, 0.717) is 41.3 Å². The van der Waals surface area contributed by atoms with E-state index in [1.807, 2.05) is 31.2 Å². The lowest BCUT2D eigenvalue weighted by Crippen LogP contribution is -2.38. The van der Waals surface area contributed by atoms with E-state index in [1.165, 1.54) is 25.6 Å². The Morgan fingerprint density at radius 1 is 1.10 bits per heavy atom. The number of likely N-dealkylation sites (tertiary alicyclic amines) is 1. The van der Waals surface area contributed by atoms with Crippen LogP contribution in [0.4, 0.5) is 17.2 Å². The summed E-state index contributed by atoms with van der Waals surface area (Å²) in [5, 5.41) is 9.54. The average Bonchev–Trinajstić information content (AvgIpc) is 2.98. The van der Waals surface area contributed by atoms with E-state index < -0.39 is 5.91 Å². The first kappa shape index (κ1) is 30.9. The second-order valence-corrected chi connectivity index (χ2v) is 10.7. The zero-order valence-electron chi connectivity index (χ0n) is 23.7. The molecule has 2 aromatic carbocycles. The van der Waals surface area contributed by atoms with E-state index in [9.17, 15) is 14.4 Å². The summed E-state index contributed by atoms with van der Waals surface area (Å²) >= 11 is 3.46. The molecule has 0 bridgehead atoms. The van der Waals surface area contributed by atoms with Crippen LogP contribution >= 0.6 is 15.9 Å². The minimum Gasteiger partial charge on any atom is -0.494 e. The van der Waals surface area contributed by atoms with Gasteiger partial charge in [-0.3, -0.25) is 14.4 Å². The maximum absolute atomic E-state index is 12.7. The number of fused-ring (bicyclic) bond motifs is 1. The van der Waals surface area contributed by atoms with Crippen LogP contribution in [0.2, 0.25) is 0 Å². The fourth-order valence-electron chi connectivity index (χ4n) is 4.70. The molecule has 0 saturated carbocycles. The molecule has 0 unspecified atom stereocenters. The lowest BCUT2D eigenvalue weighted by atomic mass is 9.97. The number of amides is 2. The van der Waals surface area contributed by atoms with Crippen molar-refractivity contribution in [2.24, 2.45) is 5.92 Å². The molecule has 0 atom stereocenters. The Balaban J connectivity index is 1.28. The maximum atomic E-state index is 12.7. The van der Waals surface area contributed by atoms with Gasteiger partial charge >= 0.3 is 5.97 Å². The van der Waals surface area contributed by atoms with E-state index in [4.69, 9.17) is 9.47 Å². The molecule has 11 nitrogen and oxygen atoms in total. The molecule has 3 N–H and O–H groups in total. The predicted molar refractivity (Wildman–Crippen MR) is 165 cm³/mol. The summed E-state index contributed by atoms with van der Waals surface area (Å²) in [7, 11) is 1.50. The predicted octanol–water partition coefficient (Wildman–Crippen LogP) is 4.42. The van der Waals surface area contributed by atoms with Gasteiger partial charge in [-0.1, -0.05) is 22.0 Å². The molecular weight excluding hydrogens is 604 g/mol. The van der Waals surface area contributed by atoms with Crippen molar-refractivity contribution in [2.75, 3.05) is 50.5 Å². The van der Waals surface area contributed by atoms with Crippen LogP contribution in [0.5, 0.6) is 5.75 Å². The van der Waals surface area contributed by atoms with E-state index in [-0.39, 0.29) is 17.8 Å². The number of carbonyl (C=O) groups is 3. The molecule has 1 fully saturated rings. The number of carbonyl (C=O) groups excluding carboxylic acids is 3. The average molecular weight is 640 g/mol.